The molecule has 2 atom stereocenters. The monoisotopic (exact) mass is 407 g/mol. The minimum atomic E-state index is -0.105. The second kappa shape index (κ2) is 9.17. The fourth-order valence-electron chi connectivity index (χ4n) is 3.39. The van der Waals surface area contributed by atoms with Gasteiger partial charge in [0.2, 0.25) is 0 Å². The molecule has 1 saturated carbocycles. The van der Waals surface area contributed by atoms with Gasteiger partial charge in [0.1, 0.15) is 5.52 Å². The van der Waals surface area contributed by atoms with Crippen molar-refractivity contribution in [1.82, 2.24) is 19.9 Å². The van der Waals surface area contributed by atoms with Crippen LogP contribution in [0, 0.1) is 0 Å². The number of fused-ring (bicyclic) bond motifs is 1. The molecule has 2 heterocycles. The second-order valence-corrected chi connectivity index (χ2v) is 6.67. The molecule has 0 aliphatic heterocycles. The van der Waals surface area contributed by atoms with Gasteiger partial charge in [-0.25, -0.2) is 9.97 Å². The van der Waals surface area contributed by atoms with E-state index in [9.17, 15) is 4.79 Å². The Balaban J connectivity index is 0.00000131. The average molecular weight is 408 g/mol. The van der Waals surface area contributed by atoms with E-state index in [1.165, 1.54) is 5.56 Å². The van der Waals surface area contributed by atoms with Gasteiger partial charge < -0.3 is 15.6 Å². The van der Waals surface area contributed by atoms with Gasteiger partial charge in [-0.15, -0.1) is 24.8 Å². The van der Waals surface area contributed by atoms with Crippen LogP contribution in [0.15, 0.2) is 48.9 Å². The summed E-state index contributed by atoms with van der Waals surface area (Å²) in [6.45, 7) is 0.704. The molecule has 4 rings (SSSR count). The molecule has 1 fully saturated rings. The third-order valence-electron chi connectivity index (χ3n) is 4.72. The number of hydrogen-bond acceptors (Lipinski definition) is 4. The summed E-state index contributed by atoms with van der Waals surface area (Å²) in [6.07, 6.45) is 6.13. The van der Waals surface area contributed by atoms with Crippen LogP contribution in [-0.2, 0) is 6.54 Å². The Labute approximate surface area is 170 Å². The van der Waals surface area contributed by atoms with Gasteiger partial charge in [0.15, 0.2) is 5.65 Å². The summed E-state index contributed by atoms with van der Waals surface area (Å²) >= 11 is 0. The summed E-state index contributed by atoms with van der Waals surface area (Å²) in [4.78, 5) is 21.3. The van der Waals surface area contributed by atoms with Gasteiger partial charge in [-0.1, -0.05) is 30.3 Å². The first-order valence-electron chi connectivity index (χ1n) is 8.60. The van der Waals surface area contributed by atoms with Crippen molar-refractivity contribution < 1.29 is 4.79 Å². The van der Waals surface area contributed by atoms with Crippen LogP contribution in [-0.4, -0.2) is 32.5 Å². The lowest BCUT2D eigenvalue weighted by molar-refractivity contribution is 0.0937. The van der Waals surface area contributed by atoms with Crippen LogP contribution in [0.25, 0.3) is 11.2 Å². The number of amides is 1. The summed E-state index contributed by atoms with van der Waals surface area (Å²) in [5, 5.41) is 3.04. The highest BCUT2D eigenvalue weighted by atomic mass is 35.5. The highest BCUT2D eigenvalue weighted by molar-refractivity contribution is 5.96. The molecule has 27 heavy (non-hydrogen) atoms. The fraction of sp³-hybridized carbons (Fsp3) is 0.316. The Morgan fingerprint density at radius 1 is 1.19 bits per heavy atom. The molecule has 1 amide bonds. The van der Waals surface area contributed by atoms with Crippen LogP contribution in [0.4, 0.5) is 0 Å². The van der Waals surface area contributed by atoms with Crippen LogP contribution in [0.1, 0.15) is 35.2 Å². The van der Waals surface area contributed by atoms with Crippen LogP contribution in [0.3, 0.4) is 0 Å². The van der Waals surface area contributed by atoms with Gasteiger partial charge >= 0.3 is 0 Å². The molecule has 0 unspecified atom stereocenters. The molecule has 2 aromatic heterocycles. The molecule has 6 nitrogen and oxygen atoms in total. The summed E-state index contributed by atoms with van der Waals surface area (Å²) in [5.41, 5.74) is 9.14. The van der Waals surface area contributed by atoms with Crippen LogP contribution < -0.4 is 11.1 Å². The predicted octanol–water partition coefficient (Wildman–Crippen LogP) is 2.93. The summed E-state index contributed by atoms with van der Waals surface area (Å²) in [5.74, 6) is -0.105. The molecule has 1 aromatic carbocycles. The molecule has 3 aromatic rings. The van der Waals surface area contributed by atoms with E-state index in [-0.39, 0.29) is 42.8 Å². The van der Waals surface area contributed by atoms with E-state index in [2.05, 4.69) is 27.4 Å². The van der Waals surface area contributed by atoms with Crippen molar-refractivity contribution >= 4 is 41.9 Å². The second-order valence-electron chi connectivity index (χ2n) is 6.67. The third-order valence-corrected chi connectivity index (χ3v) is 4.72. The number of benzene rings is 1. The fourth-order valence-corrected chi connectivity index (χ4v) is 3.39. The number of aromatic nitrogens is 3. The third kappa shape index (κ3) is 4.77. The highest BCUT2D eigenvalue weighted by Gasteiger charge is 2.23. The summed E-state index contributed by atoms with van der Waals surface area (Å²) < 4.78 is 1.99. The number of nitrogens with one attached hydrogen (secondary N) is 1. The lowest BCUT2D eigenvalue weighted by Crippen LogP contribution is -2.34. The predicted molar refractivity (Wildman–Crippen MR) is 111 cm³/mol. The Morgan fingerprint density at radius 3 is 2.67 bits per heavy atom. The molecule has 3 N–H and O–H groups in total. The molecule has 1 aliphatic carbocycles. The van der Waals surface area contributed by atoms with Crippen LogP contribution >= 0.6 is 24.8 Å². The first kappa shape index (κ1) is 21.2. The standard InChI is InChI=1S/C19H21N5O.2ClH/c20-15-6-7-16(9-15)23-19(25)14-8-17-18(21-10-14)24(12-22-17)11-13-4-2-1-3-5-13;;/h1-5,8,10,12,15-16H,6-7,9,11,20H2,(H,23,25);2*1H/t15-,16-;;/m1../s1. The molecule has 0 saturated heterocycles. The van der Waals surface area contributed by atoms with Gasteiger partial charge in [0, 0.05) is 18.3 Å². The molecule has 144 valence electrons. The minimum Gasteiger partial charge on any atom is -0.349 e. The van der Waals surface area contributed by atoms with E-state index >= 15 is 0 Å². The number of pyridine rings is 1. The van der Waals surface area contributed by atoms with Crippen molar-refractivity contribution in [3.8, 4) is 0 Å². The molecule has 0 radical (unpaired) electrons. The van der Waals surface area contributed by atoms with Crippen molar-refractivity contribution in [2.24, 2.45) is 5.73 Å². The Kier molecular flexibility index (Phi) is 7.18. The van der Waals surface area contributed by atoms with E-state index in [0.717, 1.165) is 30.4 Å². The molecular weight excluding hydrogens is 385 g/mol. The molecule has 0 spiro atoms. The Hall–Kier alpha value is -2.15. The van der Waals surface area contributed by atoms with Crippen molar-refractivity contribution in [3.63, 3.8) is 0 Å². The Bertz CT molecular complexity index is 900. The van der Waals surface area contributed by atoms with Crippen molar-refractivity contribution in [3.05, 3.63) is 60.0 Å². The summed E-state index contributed by atoms with van der Waals surface area (Å²) in [7, 11) is 0. The molecule has 0 bridgehead atoms. The van der Waals surface area contributed by atoms with Crippen molar-refractivity contribution in [2.45, 2.75) is 37.9 Å². The molecule has 8 heteroatoms. The van der Waals surface area contributed by atoms with Gasteiger partial charge in [0.25, 0.3) is 5.91 Å². The van der Waals surface area contributed by atoms with Crippen molar-refractivity contribution in [1.29, 1.82) is 0 Å². The maximum absolute atomic E-state index is 12.4. The zero-order valence-corrected chi connectivity index (χ0v) is 16.4. The number of hydrogen-bond donors (Lipinski definition) is 2. The SMILES string of the molecule is Cl.Cl.N[C@@H]1CC[C@@H](NC(=O)c2cnc3c(c2)ncn3Cc2ccccc2)C1. The van der Waals surface area contributed by atoms with Gasteiger partial charge in [-0.2, -0.15) is 0 Å². The van der Waals surface area contributed by atoms with Gasteiger partial charge in [-0.3, -0.25) is 4.79 Å². The van der Waals surface area contributed by atoms with E-state index in [1.54, 1.807) is 18.6 Å². The zero-order chi connectivity index (χ0) is 17.2. The quantitative estimate of drug-likeness (QED) is 0.695. The van der Waals surface area contributed by atoms with E-state index in [0.29, 0.717) is 12.1 Å². The number of nitrogens with two attached hydrogens (primary N) is 1. The normalized spacial score (nSPS) is 18.6. The van der Waals surface area contributed by atoms with Crippen LogP contribution in [0.2, 0.25) is 0 Å². The number of nitrogens with zero attached hydrogens (tertiary/aromatic N) is 3. The van der Waals surface area contributed by atoms with Gasteiger partial charge in [-0.05, 0) is 30.9 Å². The number of carbonyl (C=O) groups excluding carboxylic acids is 1. The minimum absolute atomic E-state index is 0. The van der Waals surface area contributed by atoms with Crippen molar-refractivity contribution in [2.75, 3.05) is 0 Å². The number of halogens is 2. The molecule has 1 aliphatic rings. The van der Waals surface area contributed by atoms with Gasteiger partial charge in [0.05, 0.1) is 18.4 Å². The maximum Gasteiger partial charge on any atom is 0.253 e. The lowest BCUT2D eigenvalue weighted by Gasteiger charge is -2.12. The lowest BCUT2D eigenvalue weighted by atomic mass is 10.2. The Morgan fingerprint density at radius 2 is 1.96 bits per heavy atom. The van der Waals surface area contributed by atoms with E-state index < -0.39 is 0 Å². The zero-order valence-electron chi connectivity index (χ0n) is 14.7. The number of carbonyl (C=O) groups is 1. The number of imidazole rings is 1. The average Bonchev–Trinajstić information content (AvgIpc) is 3.22. The highest BCUT2D eigenvalue weighted by Crippen LogP contribution is 2.18. The maximum atomic E-state index is 12.4. The summed E-state index contributed by atoms with van der Waals surface area (Å²) in [6, 6.07) is 12.3. The topological polar surface area (TPSA) is 85.8 Å². The van der Waals surface area contributed by atoms with E-state index in [1.807, 2.05) is 22.8 Å². The van der Waals surface area contributed by atoms with E-state index in [4.69, 9.17) is 5.73 Å². The largest absolute Gasteiger partial charge is 0.349 e. The first-order chi connectivity index (χ1) is 12.2. The first-order valence-corrected chi connectivity index (χ1v) is 8.60. The smallest absolute Gasteiger partial charge is 0.253 e. The number of rotatable bonds is 4. The molecular formula is C19H23Cl2N5O. The van der Waals surface area contributed by atoms with Crippen LogP contribution in [0.5, 0.6) is 0 Å².